The smallest absolute Gasteiger partial charge is 0.238 e. The number of unbranched alkanes of at least 4 members (excludes halogenated alkanes) is 3. The molecule has 0 unspecified atom stereocenters. The average Bonchev–Trinajstić information content (AvgIpc) is 2.54. The zero-order valence-electron chi connectivity index (χ0n) is 17.6. The highest BCUT2D eigenvalue weighted by molar-refractivity contribution is 6.87. The molecule has 0 heterocycles. The van der Waals surface area contributed by atoms with Gasteiger partial charge < -0.3 is 13.6 Å². The minimum absolute atomic E-state index is 0.871. The summed E-state index contributed by atoms with van der Waals surface area (Å²) in [6, 6.07) is 13.7. The second kappa shape index (κ2) is 10.6. The van der Waals surface area contributed by atoms with Crippen LogP contribution in [0.2, 0.25) is 25.2 Å². The lowest BCUT2D eigenvalue weighted by Crippen LogP contribution is -2.68. The van der Waals surface area contributed by atoms with Crippen LogP contribution in [0.1, 0.15) is 32.6 Å². The van der Waals surface area contributed by atoms with Crippen LogP contribution in [0.25, 0.3) is 0 Å². The second-order valence-electron chi connectivity index (χ2n) is 8.08. The van der Waals surface area contributed by atoms with Gasteiger partial charge in [-0.05, 0) is 65.5 Å². The van der Waals surface area contributed by atoms with Crippen LogP contribution in [0.5, 0.6) is 0 Å². The standard InChI is InChI=1S/C20H40N2OSi2/c1-8-23-24(6,7)18-14-9-10-15-19-25(21(2)3,22(4)5)20-16-12-11-13-17-20/h11-13,16-17H,8-10,14-15,18-19H2,1-7H3. The first-order valence-electron chi connectivity index (χ1n) is 9.80. The Morgan fingerprint density at radius 3 is 1.80 bits per heavy atom. The maximum Gasteiger partial charge on any atom is 0.238 e. The quantitative estimate of drug-likeness (QED) is 0.398. The topological polar surface area (TPSA) is 15.7 Å². The summed E-state index contributed by atoms with van der Waals surface area (Å²) in [5, 5.41) is 1.52. The van der Waals surface area contributed by atoms with Crippen molar-refractivity contribution in [3.8, 4) is 0 Å². The minimum atomic E-state index is -1.79. The highest BCUT2D eigenvalue weighted by Gasteiger charge is 2.40. The molecule has 0 N–H and O–H groups in total. The van der Waals surface area contributed by atoms with Gasteiger partial charge in [-0.2, -0.15) is 0 Å². The van der Waals surface area contributed by atoms with Gasteiger partial charge in [0, 0.05) is 6.61 Å². The van der Waals surface area contributed by atoms with Crippen molar-refractivity contribution in [2.24, 2.45) is 0 Å². The lowest BCUT2D eigenvalue weighted by molar-refractivity contribution is 0.327. The zero-order chi connectivity index (χ0) is 18.9. The summed E-state index contributed by atoms with van der Waals surface area (Å²) < 4.78 is 11.0. The average molecular weight is 381 g/mol. The lowest BCUT2D eigenvalue weighted by atomic mass is 10.2. The van der Waals surface area contributed by atoms with Gasteiger partial charge in [-0.25, -0.2) is 0 Å². The van der Waals surface area contributed by atoms with Crippen LogP contribution in [0.3, 0.4) is 0 Å². The fourth-order valence-corrected chi connectivity index (χ4v) is 10.5. The van der Waals surface area contributed by atoms with Crippen LogP contribution in [0.4, 0.5) is 0 Å². The Morgan fingerprint density at radius 1 is 0.800 bits per heavy atom. The molecule has 0 aliphatic heterocycles. The lowest BCUT2D eigenvalue weighted by Gasteiger charge is -2.43. The Balaban J connectivity index is 2.58. The van der Waals surface area contributed by atoms with Gasteiger partial charge in [0.25, 0.3) is 0 Å². The monoisotopic (exact) mass is 380 g/mol. The fraction of sp³-hybridized carbons (Fsp3) is 0.700. The van der Waals surface area contributed by atoms with Crippen LogP contribution in [0.15, 0.2) is 30.3 Å². The van der Waals surface area contributed by atoms with E-state index in [2.05, 4.69) is 87.7 Å². The van der Waals surface area contributed by atoms with E-state index in [1.165, 1.54) is 43.0 Å². The van der Waals surface area contributed by atoms with E-state index in [0.29, 0.717) is 0 Å². The van der Waals surface area contributed by atoms with Crippen LogP contribution in [0, 0.1) is 0 Å². The largest absolute Gasteiger partial charge is 0.418 e. The third-order valence-corrected chi connectivity index (χ3v) is 13.2. The van der Waals surface area contributed by atoms with Gasteiger partial charge in [-0.15, -0.1) is 0 Å². The SMILES string of the molecule is CCO[Si](C)(C)CCCCCC[Si](c1ccccc1)(N(C)C)N(C)C. The Kier molecular flexibility index (Phi) is 9.60. The number of benzene rings is 1. The Morgan fingerprint density at radius 2 is 1.32 bits per heavy atom. The Labute approximate surface area is 158 Å². The normalized spacial score (nSPS) is 13.0. The number of rotatable bonds is 12. The van der Waals surface area contributed by atoms with Crippen LogP contribution >= 0.6 is 0 Å². The van der Waals surface area contributed by atoms with Crippen LogP contribution in [-0.4, -0.2) is 60.6 Å². The maximum atomic E-state index is 5.94. The van der Waals surface area contributed by atoms with Crippen molar-refractivity contribution in [1.82, 2.24) is 9.13 Å². The molecule has 1 rings (SSSR count). The van der Waals surface area contributed by atoms with Gasteiger partial charge in [0.2, 0.25) is 8.40 Å². The van der Waals surface area contributed by atoms with Gasteiger partial charge in [0.05, 0.1) is 0 Å². The molecule has 144 valence electrons. The third kappa shape index (κ3) is 6.64. The van der Waals surface area contributed by atoms with Crippen molar-refractivity contribution in [3.05, 3.63) is 30.3 Å². The Hall–Kier alpha value is -0.466. The van der Waals surface area contributed by atoms with Gasteiger partial charge in [0.1, 0.15) is 0 Å². The molecule has 0 amide bonds. The predicted octanol–water partition coefficient (Wildman–Crippen LogP) is 4.26. The maximum absolute atomic E-state index is 5.94. The molecule has 0 aliphatic rings. The van der Waals surface area contributed by atoms with Crippen molar-refractivity contribution >= 4 is 21.9 Å². The summed E-state index contributed by atoms with van der Waals surface area (Å²) in [6.45, 7) is 7.69. The van der Waals surface area contributed by atoms with E-state index < -0.39 is 16.7 Å². The molecular formula is C20H40N2OSi2. The molecular weight excluding hydrogens is 340 g/mol. The number of hydrogen-bond donors (Lipinski definition) is 0. The highest BCUT2D eigenvalue weighted by Crippen LogP contribution is 2.22. The van der Waals surface area contributed by atoms with E-state index in [9.17, 15) is 0 Å². The van der Waals surface area contributed by atoms with Crippen molar-refractivity contribution in [1.29, 1.82) is 0 Å². The van der Waals surface area contributed by atoms with Crippen LogP contribution < -0.4 is 5.19 Å². The Bertz CT molecular complexity index is 470. The van der Waals surface area contributed by atoms with Gasteiger partial charge >= 0.3 is 0 Å². The van der Waals surface area contributed by atoms with Crippen LogP contribution in [-0.2, 0) is 4.43 Å². The van der Waals surface area contributed by atoms with Crippen molar-refractivity contribution in [2.45, 2.75) is 57.8 Å². The third-order valence-electron chi connectivity index (χ3n) is 5.31. The summed E-state index contributed by atoms with van der Waals surface area (Å²) in [5.41, 5.74) is 0. The van der Waals surface area contributed by atoms with Gasteiger partial charge in [0.15, 0.2) is 8.32 Å². The molecule has 1 aromatic carbocycles. The molecule has 0 aliphatic carbocycles. The summed E-state index contributed by atoms with van der Waals surface area (Å²) in [4.78, 5) is 0. The van der Waals surface area contributed by atoms with E-state index in [1.807, 2.05) is 0 Å². The molecule has 0 spiro atoms. The van der Waals surface area contributed by atoms with E-state index in [4.69, 9.17) is 4.43 Å². The second-order valence-corrected chi connectivity index (χ2v) is 16.9. The molecule has 0 radical (unpaired) electrons. The zero-order valence-corrected chi connectivity index (χ0v) is 19.6. The van der Waals surface area contributed by atoms with Crippen molar-refractivity contribution in [3.63, 3.8) is 0 Å². The van der Waals surface area contributed by atoms with E-state index in [1.54, 1.807) is 0 Å². The molecule has 0 saturated carbocycles. The number of hydrogen-bond acceptors (Lipinski definition) is 3. The van der Waals surface area contributed by atoms with Gasteiger partial charge in [-0.1, -0.05) is 56.0 Å². The predicted molar refractivity (Wildman–Crippen MR) is 116 cm³/mol. The highest BCUT2D eigenvalue weighted by atomic mass is 28.4. The first kappa shape index (κ1) is 22.6. The molecule has 0 aromatic heterocycles. The summed E-state index contributed by atoms with van der Waals surface area (Å²) in [5.74, 6) is 0. The molecule has 0 bridgehead atoms. The van der Waals surface area contributed by atoms with E-state index in [-0.39, 0.29) is 0 Å². The minimum Gasteiger partial charge on any atom is -0.418 e. The number of nitrogens with zero attached hydrogens (tertiary/aromatic N) is 2. The molecule has 0 fully saturated rings. The molecule has 5 heteroatoms. The molecule has 3 nitrogen and oxygen atoms in total. The molecule has 0 atom stereocenters. The summed E-state index contributed by atoms with van der Waals surface area (Å²) in [7, 11) is 5.86. The van der Waals surface area contributed by atoms with E-state index >= 15 is 0 Å². The van der Waals surface area contributed by atoms with Gasteiger partial charge in [-0.3, -0.25) is 0 Å². The summed E-state index contributed by atoms with van der Waals surface area (Å²) in [6.07, 6.45) is 5.31. The molecule has 0 saturated heterocycles. The van der Waals surface area contributed by atoms with E-state index in [0.717, 1.165) is 6.61 Å². The fourth-order valence-electron chi connectivity index (χ4n) is 3.95. The first-order chi connectivity index (χ1) is 11.8. The van der Waals surface area contributed by atoms with Crippen molar-refractivity contribution in [2.75, 3.05) is 34.8 Å². The van der Waals surface area contributed by atoms with Crippen molar-refractivity contribution < 1.29 is 4.43 Å². The molecule has 25 heavy (non-hydrogen) atoms. The first-order valence-corrected chi connectivity index (χ1v) is 15.0. The molecule has 1 aromatic rings. The summed E-state index contributed by atoms with van der Waals surface area (Å²) >= 11 is 0.